The highest BCUT2D eigenvalue weighted by Crippen LogP contribution is 2.23. The summed E-state index contributed by atoms with van der Waals surface area (Å²) in [4.78, 5) is 16.8. The molecular weight excluding hydrogens is 224 g/mol. The third-order valence-electron chi connectivity index (χ3n) is 2.29. The molecule has 2 rings (SSSR count). The minimum Gasteiger partial charge on any atom is -0.496 e. The molecule has 0 aliphatic rings. The second-order valence-electron chi connectivity index (χ2n) is 3.22. The number of aromatic nitrogens is 2. The topological polar surface area (TPSA) is 44.1 Å². The summed E-state index contributed by atoms with van der Waals surface area (Å²) >= 11 is 1.37. The van der Waals surface area contributed by atoms with Crippen LogP contribution in [0.25, 0.3) is 0 Å². The Labute approximate surface area is 97.5 Å². The Kier molecular flexibility index (Phi) is 3.05. The van der Waals surface area contributed by atoms with Gasteiger partial charge in [0.1, 0.15) is 5.75 Å². The number of nitrogens with zero attached hydrogens (tertiary/aromatic N) is 2. The summed E-state index contributed by atoms with van der Waals surface area (Å²) in [5, 5.41) is 1.81. The van der Waals surface area contributed by atoms with Crippen LogP contribution in [0, 0.1) is 0 Å². The molecule has 4 nitrogen and oxygen atoms in total. The van der Waals surface area contributed by atoms with Crippen molar-refractivity contribution in [3.05, 3.63) is 34.5 Å². The van der Waals surface area contributed by atoms with Crippen LogP contribution < -0.4 is 4.74 Å². The molecule has 0 saturated carbocycles. The standard InChI is InChI=1S/C11H12N2O2S/c1-3-13-5-4-12-11(13)10(14)9-6-8(15-2)7-16-9/h4-7H,3H2,1-2H3. The van der Waals surface area contributed by atoms with Crippen LogP contribution in [0.1, 0.15) is 22.4 Å². The lowest BCUT2D eigenvalue weighted by atomic mass is 10.3. The third kappa shape index (κ3) is 1.86. The fraction of sp³-hybridized carbons (Fsp3) is 0.273. The lowest BCUT2D eigenvalue weighted by molar-refractivity contribution is 0.102. The van der Waals surface area contributed by atoms with Crippen molar-refractivity contribution in [1.29, 1.82) is 0 Å². The van der Waals surface area contributed by atoms with E-state index in [4.69, 9.17) is 4.74 Å². The summed E-state index contributed by atoms with van der Waals surface area (Å²) < 4.78 is 6.88. The second-order valence-corrected chi connectivity index (χ2v) is 4.13. The summed E-state index contributed by atoms with van der Waals surface area (Å²) in [6.45, 7) is 2.72. The van der Waals surface area contributed by atoms with E-state index in [1.54, 1.807) is 25.6 Å². The fourth-order valence-electron chi connectivity index (χ4n) is 1.43. The smallest absolute Gasteiger partial charge is 0.238 e. The van der Waals surface area contributed by atoms with Gasteiger partial charge >= 0.3 is 0 Å². The first-order chi connectivity index (χ1) is 7.76. The Hall–Kier alpha value is -1.62. The normalized spacial score (nSPS) is 10.4. The van der Waals surface area contributed by atoms with Crippen molar-refractivity contribution in [1.82, 2.24) is 9.55 Å². The van der Waals surface area contributed by atoms with Crippen molar-refractivity contribution in [3.8, 4) is 5.75 Å². The number of rotatable bonds is 4. The van der Waals surface area contributed by atoms with E-state index in [-0.39, 0.29) is 5.78 Å². The number of thiophene rings is 1. The maximum Gasteiger partial charge on any atom is 0.238 e. The summed E-state index contributed by atoms with van der Waals surface area (Å²) in [6, 6.07) is 1.74. The minimum absolute atomic E-state index is 0.0554. The number of imidazole rings is 1. The van der Waals surface area contributed by atoms with Crippen LogP contribution in [0.2, 0.25) is 0 Å². The number of aryl methyl sites for hydroxylation is 1. The lowest BCUT2D eigenvalue weighted by Crippen LogP contribution is -2.09. The maximum absolute atomic E-state index is 12.1. The molecule has 0 fully saturated rings. The molecule has 2 heterocycles. The average molecular weight is 236 g/mol. The highest BCUT2D eigenvalue weighted by atomic mass is 32.1. The number of hydrogen-bond acceptors (Lipinski definition) is 4. The Morgan fingerprint density at radius 3 is 3.06 bits per heavy atom. The average Bonchev–Trinajstić information content (AvgIpc) is 2.96. The van der Waals surface area contributed by atoms with Crippen LogP contribution in [0.4, 0.5) is 0 Å². The molecule has 16 heavy (non-hydrogen) atoms. The summed E-state index contributed by atoms with van der Waals surface area (Å²) in [5.41, 5.74) is 0. The van der Waals surface area contributed by atoms with Gasteiger partial charge in [0.2, 0.25) is 5.78 Å². The van der Waals surface area contributed by atoms with Crippen LogP contribution >= 0.6 is 11.3 Å². The molecule has 0 spiro atoms. The van der Waals surface area contributed by atoms with Gasteiger partial charge in [-0.1, -0.05) is 0 Å². The van der Waals surface area contributed by atoms with Gasteiger partial charge in [0, 0.05) is 30.4 Å². The van der Waals surface area contributed by atoms with Gasteiger partial charge in [0.05, 0.1) is 12.0 Å². The number of hydrogen-bond donors (Lipinski definition) is 0. The van der Waals surface area contributed by atoms with Gasteiger partial charge in [-0.05, 0) is 6.92 Å². The first-order valence-electron chi connectivity index (χ1n) is 4.94. The molecule has 0 aliphatic carbocycles. The first-order valence-corrected chi connectivity index (χ1v) is 5.82. The van der Waals surface area contributed by atoms with Crippen molar-refractivity contribution in [2.75, 3.05) is 7.11 Å². The van der Waals surface area contributed by atoms with Gasteiger partial charge in [-0.25, -0.2) is 4.98 Å². The van der Waals surface area contributed by atoms with Crippen molar-refractivity contribution in [2.24, 2.45) is 0 Å². The Balaban J connectivity index is 2.31. The maximum atomic E-state index is 12.1. The summed E-state index contributed by atoms with van der Waals surface area (Å²) in [6.07, 6.45) is 3.44. The van der Waals surface area contributed by atoms with Crippen LogP contribution in [-0.2, 0) is 6.54 Å². The van der Waals surface area contributed by atoms with Crippen molar-refractivity contribution in [3.63, 3.8) is 0 Å². The Bertz CT molecular complexity index is 502. The van der Waals surface area contributed by atoms with E-state index in [0.717, 1.165) is 6.54 Å². The summed E-state index contributed by atoms with van der Waals surface area (Å²) in [7, 11) is 1.59. The molecule has 2 aromatic heterocycles. The molecule has 84 valence electrons. The number of carbonyl (C=O) groups excluding carboxylic acids is 1. The monoisotopic (exact) mass is 236 g/mol. The highest BCUT2D eigenvalue weighted by molar-refractivity contribution is 7.12. The molecule has 0 bridgehead atoms. The number of carbonyl (C=O) groups is 1. The number of ketones is 1. The van der Waals surface area contributed by atoms with E-state index in [0.29, 0.717) is 16.5 Å². The van der Waals surface area contributed by atoms with E-state index < -0.39 is 0 Å². The van der Waals surface area contributed by atoms with E-state index in [1.807, 2.05) is 16.9 Å². The summed E-state index contributed by atoms with van der Waals surface area (Å²) in [5.74, 6) is 1.13. The quantitative estimate of drug-likeness (QED) is 0.764. The number of ether oxygens (including phenoxy) is 1. The molecular formula is C11H12N2O2S. The SMILES string of the molecule is CCn1ccnc1C(=O)c1cc(OC)cs1. The molecule has 0 amide bonds. The Morgan fingerprint density at radius 2 is 2.44 bits per heavy atom. The molecule has 5 heteroatoms. The van der Waals surface area contributed by atoms with Crippen molar-refractivity contribution >= 4 is 17.1 Å². The van der Waals surface area contributed by atoms with Crippen LogP contribution in [-0.4, -0.2) is 22.4 Å². The van der Waals surface area contributed by atoms with Gasteiger partial charge in [0.25, 0.3) is 0 Å². The largest absolute Gasteiger partial charge is 0.496 e. The third-order valence-corrected chi connectivity index (χ3v) is 3.20. The molecule has 0 saturated heterocycles. The molecule has 2 aromatic rings. The lowest BCUT2D eigenvalue weighted by Gasteiger charge is -2.01. The zero-order valence-corrected chi connectivity index (χ0v) is 9.95. The van der Waals surface area contributed by atoms with Crippen molar-refractivity contribution < 1.29 is 9.53 Å². The second kappa shape index (κ2) is 4.49. The number of methoxy groups -OCH3 is 1. The molecule has 0 aromatic carbocycles. The van der Waals surface area contributed by atoms with E-state index >= 15 is 0 Å². The predicted octanol–water partition coefficient (Wildman–Crippen LogP) is 2.20. The zero-order chi connectivity index (χ0) is 11.5. The molecule has 0 radical (unpaired) electrons. The molecule has 0 atom stereocenters. The van der Waals surface area contributed by atoms with Gasteiger partial charge in [-0.15, -0.1) is 11.3 Å². The van der Waals surface area contributed by atoms with Gasteiger partial charge in [-0.2, -0.15) is 0 Å². The molecule has 0 unspecified atom stereocenters. The van der Waals surface area contributed by atoms with Gasteiger partial charge in [-0.3, -0.25) is 4.79 Å². The van der Waals surface area contributed by atoms with Crippen LogP contribution in [0.3, 0.4) is 0 Å². The van der Waals surface area contributed by atoms with Crippen molar-refractivity contribution in [2.45, 2.75) is 13.5 Å². The highest BCUT2D eigenvalue weighted by Gasteiger charge is 2.16. The molecule has 0 aliphatic heterocycles. The fourth-order valence-corrected chi connectivity index (χ4v) is 2.22. The van der Waals surface area contributed by atoms with Crippen LogP contribution in [0.15, 0.2) is 23.8 Å². The van der Waals surface area contributed by atoms with E-state index in [2.05, 4.69) is 4.98 Å². The molecule has 0 N–H and O–H groups in total. The van der Waals surface area contributed by atoms with Gasteiger partial charge < -0.3 is 9.30 Å². The van der Waals surface area contributed by atoms with E-state index in [1.165, 1.54) is 11.3 Å². The van der Waals surface area contributed by atoms with Crippen LogP contribution in [0.5, 0.6) is 5.75 Å². The van der Waals surface area contributed by atoms with Gasteiger partial charge in [0.15, 0.2) is 5.82 Å². The Morgan fingerprint density at radius 1 is 1.62 bits per heavy atom. The zero-order valence-electron chi connectivity index (χ0n) is 9.14. The minimum atomic E-state index is -0.0554. The first kappa shape index (κ1) is 10.9. The van der Waals surface area contributed by atoms with E-state index in [9.17, 15) is 4.79 Å². The predicted molar refractivity (Wildman–Crippen MR) is 62.2 cm³/mol.